The van der Waals surface area contributed by atoms with E-state index in [1.807, 2.05) is 40.3 Å². The molecule has 0 radical (unpaired) electrons. The fraction of sp³-hybridized carbons (Fsp3) is 0.321. The quantitative estimate of drug-likeness (QED) is 0.466. The SMILES string of the molecule is CCN(CC)c1c(-c2ccc(N(C)C)cc2)ccc(OC(=O)NC)c1-c1ccc(N(C)C)cc1. The second kappa shape index (κ2) is 11.0. The molecule has 1 N–H and O–H groups in total. The maximum Gasteiger partial charge on any atom is 0.412 e. The van der Waals surface area contributed by atoms with Crippen molar-refractivity contribution in [1.29, 1.82) is 0 Å². The van der Waals surface area contributed by atoms with E-state index < -0.39 is 6.09 Å². The van der Waals surface area contributed by atoms with Gasteiger partial charge < -0.3 is 24.8 Å². The lowest BCUT2D eigenvalue weighted by Gasteiger charge is -2.29. The molecular formula is C28H36N4O2. The fourth-order valence-electron chi connectivity index (χ4n) is 4.05. The number of nitrogens with zero attached hydrogens (tertiary/aromatic N) is 3. The van der Waals surface area contributed by atoms with Crippen molar-refractivity contribution < 1.29 is 9.53 Å². The minimum absolute atomic E-state index is 0.486. The van der Waals surface area contributed by atoms with E-state index in [9.17, 15) is 4.79 Å². The molecule has 34 heavy (non-hydrogen) atoms. The number of amides is 1. The molecule has 0 aliphatic rings. The van der Waals surface area contributed by atoms with Gasteiger partial charge in [0.2, 0.25) is 0 Å². The van der Waals surface area contributed by atoms with Gasteiger partial charge in [0.15, 0.2) is 0 Å². The number of anilines is 3. The van der Waals surface area contributed by atoms with E-state index in [2.05, 4.69) is 82.4 Å². The van der Waals surface area contributed by atoms with Gasteiger partial charge in [-0.15, -0.1) is 0 Å². The van der Waals surface area contributed by atoms with Crippen LogP contribution in [0.25, 0.3) is 22.3 Å². The van der Waals surface area contributed by atoms with E-state index >= 15 is 0 Å². The first-order valence-corrected chi connectivity index (χ1v) is 11.7. The molecule has 6 heteroatoms. The third-order valence-electron chi connectivity index (χ3n) is 5.99. The van der Waals surface area contributed by atoms with Crippen LogP contribution in [0.1, 0.15) is 13.8 Å². The molecular weight excluding hydrogens is 424 g/mol. The highest BCUT2D eigenvalue weighted by Crippen LogP contribution is 2.46. The van der Waals surface area contributed by atoms with Gasteiger partial charge in [-0.2, -0.15) is 0 Å². The number of hydrogen-bond donors (Lipinski definition) is 1. The Labute approximate surface area is 203 Å². The van der Waals surface area contributed by atoms with Crippen LogP contribution in [0.2, 0.25) is 0 Å². The molecule has 0 spiro atoms. The Bertz CT molecular complexity index is 1100. The smallest absolute Gasteiger partial charge is 0.410 e. The van der Waals surface area contributed by atoms with E-state index in [-0.39, 0.29) is 0 Å². The number of ether oxygens (including phenoxy) is 1. The fourth-order valence-corrected chi connectivity index (χ4v) is 4.05. The summed E-state index contributed by atoms with van der Waals surface area (Å²) in [6.07, 6.45) is -0.486. The Balaban J connectivity index is 2.30. The predicted molar refractivity (Wildman–Crippen MR) is 145 cm³/mol. The van der Waals surface area contributed by atoms with Crippen molar-refractivity contribution in [3.05, 3.63) is 60.7 Å². The molecule has 0 unspecified atom stereocenters. The van der Waals surface area contributed by atoms with Gasteiger partial charge in [0.25, 0.3) is 0 Å². The number of benzene rings is 3. The summed E-state index contributed by atoms with van der Waals surface area (Å²) in [5, 5.41) is 2.57. The van der Waals surface area contributed by atoms with Crippen molar-refractivity contribution in [3.63, 3.8) is 0 Å². The Morgan fingerprint density at radius 1 is 0.765 bits per heavy atom. The highest BCUT2D eigenvalue weighted by atomic mass is 16.6. The lowest BCUT2D eigenvalue weighted by atomic mass is 9.93. The first-order chi connectivity index (χ1) is 16.3. The van der Waals surface area contributed by atoms with Gasteiger partial charge in [-0.3, -0.25) is 0 Å². The van der Waals surface area contributed by atoms with Gasteiger partial charge in [0.1, 0.15) is 5.75 Å². The number of carbonyl (C=O) groups excluding carboxylic acids is 1. The normalized spacial score (nSPS) is 10.6. The molecule has 0 aliphatic heterocycles. The lowest BCUT2D eigenvalue weighted by molar-refractivity contribution is 0.203. The van der Waals surface area contributed by atoms with Crippen molar-refractivity contribution in [3.8, 4) is 28.0 Å². The number of hydrogen-bond acceptors (Lipinski definition) is 5. The maximum absolute atomic E-state index is 12.2. The number of rotatable bonds is 8. The Morgan fingerprint density at radius 2 is 1.26 bits per heavy atom. The topological polar surface area (TPSA) is 48.1 Å². The molecule has 0 aliphatic carbocycles. The average Bonchev–Trinajstić information content (AvgIpc) is 2.85. The van der Waals surface area contributed by atoms with Crippen LogP contribution in [0.15, 0.2) is 60.7 Å². The van der Waals surface area contributed by atoms with Crippen molar-refractivity contribution in [2.45, 2.75) is 13.8 Å². The van der Waals surface area contributed by atoms with Crippen molar-refractivity contribution >= 4 is 23.2 Å². The molecule has 3 aromatic rings. The molecule has 0 atom stereocenters. The molecule has 180 valence electrons. The van der Waals surface area contributed by atoms with Gasteiger partial charge in [-0.1, -0.05) is 24.3 Å². The van der Waals surface area contributed by atoms with Crippen molar-refractivity contribution in [2.75, 3.05) is 63.0 Å². The number of carbonyl (C=O) groups is 1. The van der Waals surface area contributed by atoms with Gasteiger partial charge >= 0.3 is 6.09 Å². The van der Waals surface area contributed by atoms with Gasteiger partial charge in [0, 0.05) is 70.8 Å². The van der Waals surface area contributed by atoms with Crippen LogP contribution >= 0.6 is 0 Å². The third-order valence-corrected chi connectivity index (χ3v) is 5.99. The Hall–Kier alpha value is -3.67. The van der Waals surface area contributed by atoms with E-state index in [4.69, 9.17) is 4.74 Å². The molecule has 0 aromatic heterocycles. The molecule has 0 fully saturated rings. The maximum atomic E-state index is 12.2. The molecule has 3 aromatic carbocycles. The molecule has 6 nitrogen and oxygen atoms in total. The largest absolute Gasteiger partial charge is 0.412 e. The zero-order chi connectivity index (χ0) is 24.8. The van der Waals surface area contributed by atoms with E-state index in [0.29, 0.717) is 5.75 Å². The minimum atomic E-state index is -0.486. The highest BCUT2D eigenvalue weighted by molar-refractivity contribution is 5.96. The summed E-state index contributed by atoms with van der Waals surface area (Å²) in [5.41, 5.74) is 7.44. The van der Waals surface area contributed by atoms with Crippen LogP contribution < -0.4 is 24.8 Å². The Kier molecular flexibility index (Phi) is 8.05. The summed E-state index contributed by atoms with van der Waals surface area (Å²) in [6.45, 7) is 5.94. The summed E-state index contributed by atoms with van der Waals surface area (Å²) in [7, 11) is 9.69. The van der Waals surface area contributed by atoms with E-state index in [0.717, 1.165) is 52.4 Å². The van der Waals surface area contributed by atoms with Gasteiger partial charge in [0.05, 0.1) is 5.69 Å². The summed E-state index contributed by atoms with van der Waals surface area (Å²) >= 11 is 0. The van der Waals surface area contributed by atoms with E-state index in [1.54, 1.807) is 7.05 Å². The van der Waals surface area contributed by atoms with Crippen molar-refractivity contribution in [2.24, 2.45) is 0 Å². The molecule has 0 saturated heterocycles. The van der Waals surface area contributed by atoms with E-state index in [1.165, 1.54) is 0 Å². The molecule has 0 saturated carbocycles. The standard InChI is InChI=1S/C28H36N4O2/c1-8-32(9-2)27-24(20-10-14-22(15-11-20)30(4)5)18-19-25(34-28(33)29-3)26(27)21-12-16-23(17-13-21)31(6)7/h10-19H,8-9H2,1-7H3,(H,29,33). The lowest BCUT2D eigenvalue weighted by Crippen LogP contribution is -2.25. The summed E-state index contributed by atoms with van der Waals surface area (Å²) in [5.74, 6) is 0.535. The first kappa shape index (κ1) is 25.0. The molecule has 0 bridgehead atoms. The van der Waals surface area contributed by atoms with Crippen LogP contribution in [0.4, 0.5) is 21.9 Å². The second-order valence-corrected chi connectivity index (χ2v) is 8.53. The molecule has 1 amide bonds. The Morgan fingerprint density at radius 3 is 1.71 bits per heavy atom. The van der Waals surface area contributed by atoms with Crippen LogP contribution in [0.3, 0.4) is 0 Å². The third kappa shape index (κ3) is 5.28. The zero-order valence-corrected chi connectivity index (χ0v) is 21.3. The van der Waals surface area contributed by atoms with Gasteiger partial charge in [-0.25, -0.2) is 4.79 Å². The average molecular weight is 461 g/mol. The van der Waals surface area contributed by atoms with Crippen LogP contribution in [-0.4, -0.2) is 54.4 Å². The van der Waals surface area contributed by atoms with Gasteiger partial charge in [-0.05, 0) is 61.4 Å². The summed E-state index contributed by atoms with van der Waals surface area (Å²) in [6, 6.07) is 20.9. The zero-order valence-electron chi connectivity index (χ0n) is 21.3. The summed E-state index contributed by atoms with van der Waals surface area (Å²) in [4.78, 5) is 18.7. The predicted octanol–water partition coefficient (Wildman–Crippen LogP) is 5.72. The van der Waals surface area contributed by atoms with Crippen molar-refractivity contribution in [1.82, 2.24) is 5.32 Å². The summed E-state index contributed by atoms with van der Waals surface area (Å²) < 4.78 is 5.75. The highest BCUT2D eigenvalue weighted by Gasteiger charge is 2.22. The second-order valence-electron chi connectivity index (χ2n) is 8.53. The van der Waals surface area contributed by atoms with Crippen LogP contribution in [0, 0.1) is 0 Å². The first-order valence-electron chi connectivity index (χ1n) is 11.7. The number of nitrogens with one attached hydrogen (secondary N) is 1. The minimum Gasteiger partial charge on any atom is -0.410 e. The van der Waals surface area contributed by atoms with Crippen LogP contribution in [-0.2, 0) is 0 Å². The monoisotopic (exact) mass is 460 g/mol. The molecule has 0 heterocycles. The molecule has 3 rings (SSSR count). The van der Waals surface area contributed by atoms with Crippen LogP contribution in [0.5, 0.6) is 5.75 Å².